The number of anilines is 1. The molecule has 0 spiro atoms. The Kier molecular flexibility index (Phi) is 5.76. The second-order valence-corrected chi connectivity index (χ2v) is 6.22. The smallest absolute Gasteiger partial charge is 0.303 e. The Bertz CT molecular complexity index is 521. The van der Waals surface area contributed by atoms with Crippen molar-refractivity contribution in [2.75, 3.05) is 25.0 Å². The van der Waals surface area contributed by atoms with Crippen molar-refractivity contribution >= 4 is 33.5 Å². The number of carboxylic acid groups (broad SMARTS) is 1. The van der Waals surface area contributed by atoms with E-state index in [2.05, 4.69) is 21.2 Å². The van der Waals surface area contributed by atoms with Gasteiger partial charge in [0.1, 0.15) is 0 Å². The number of carbonyl (C=O) groups excluding carboxylic acids is 1. The second-order valence-electron chi connectivity index (χ2n) is 5.37. The number of halogens is 1. The van der Waals surface area contributed by atoms with Crippen LogP contribution in [-0.4, -0.2) is 41.5 Å². The lowest BCUT2D eigenvalue weighted by atomic mass is 9.95. The van der Waals surface area contributed by atoms with Crippen LogP contribution in [0.2, 0.25) is 0 Å². The summed E-state index contributed by atoms with van der Waals surface area (Å²) in [4.78, 5) is 24.9. The quantitative estimate of drug-likeness (QED) is 0.852. The molecule has 6 heteroatoms. The molecule has 1 aromatic carbocycles. The monoisotopic (exact) mass is 354 g/mol. The molecule has 1 fully saturated rings. The van der Waals surface area contributed by atoms with Gasteiger partial charge in [-0.3, -0.25) is 14.5 Å². The lowest BCUT2D eigenvalue weighted by Gasteiger charge is -2.31. The van der Waals surface area contributed by atoms with Gasteiger partial charge in [-0.1, -0.05) is 12.1 Å². The number of hydrogen-bond donors (Lipinski definition) is 2. The zero-order valence-corrected chi connectivity index (χ0v) is 13.3. The summed E-state index contributed by atoms with van der Waals surface area (Å²) in [6, 6.07) is 7.47. The van der Waals surface area contributed by atoms with Crippen molar-refractivity contribution in [2.24, 2.45) is 5.92 Å². The van der Waals surface area contributed by atoms with Crippen LogP contribution < -0.4 is 5.32 Å². The number of aliphatic carboxylic acids is 1. The number of carboxylic acids is 1. The third-order valence-electron chi connectivity index (χ3n) is 3.58. The topological polar surface area (TPSA) is 69.6 Å². The van der Waals surface area contributed by atoms with Gasteiger partial charge in [0.25, 0.3) is 0 Å². The molecule has 2 rings (SSSR count). The van der Waals surface area contributed by atoms with Crippen LogP contribution >= 0.6 is 15.9 Å². The average Bonchev–Trinajstić information content (AvgIpc) is 2.41. The number of nitrogens with one attached hydrogen (secondary N) is 1. The number of para-hydroxylation sites is 1. The van der Waals surface area contributed by atoms with Crippen LogP contribution in [0.25, 0.3) is 0 Å². The van der Waals surface area contributed by atoms with Gasteiger partial charge in [-0.15, -0.1) is 0 Å². The highest BCUT2D eigenvalue weighted by atomic mass is 79.9. The van der Waals surface area contributed by atoms with E-state index in [1.165, 1.54) is 0 Å². The molecule has 1 saturated heterocycles. The third kappa shape index (κ3) is 5.13. The lowest BCUT2D eigenvalue weighted by Crippen LogP contribution is -2.41. The molecule has 0 aromatic heterocycles. The summed E-state index contributed by atoms with van der Waals surface area (Å²) in [5.41, 5.74) is 0.751. The summed E-state index contributed by atoms with van der Waals surface area (Å²) in [7, 11) is 0. The van der Waals surface area contributed by atoms with Gasteiger partial charge in [0.15, 0.2) is 0 Å². The first-order valence-electron chi connectivity index (χ1n) is 7.03. The molecule has 0 aliphatic carbocycles. The highest BCUT2D eigenvalue weighted by Crippen LogP contribution is 2.22. The summed E-state index contributed by atoms with van der Waals surface area (Å²) >= 11 is 3.39. The normalized spacial score (nSPS) is 19.2. The van der Waals surface area contributed by atoms with E-state index in [-0.39, 0.29) is 18.2 Å². The van der Waals surface area contributed by atoms with Gasteiger partial charge in [-0.05, 0) is 53.4 Å². The summed E-state index contributed by atoms with van der Waals surface area (Å²) in [6.45, 7) is 1.83. The van der Waals surface area contributed by atoms with E-state index < -0.39 is 5.97 Å². The molecule has 0 saturated carbocycles. The first-order chi connectivity index (χ1) is 10.0. The van der Waals surface area contributed by atoms with Crippen LogP contribution in [-0.2, 0) is 9.59 Å². The largest absolute Gasteiger partial charge is 0.481 e. The molecule has 1 unspecified atom stereocenters. The highest BCUT2D eigenvalue weighted by molar-refractivity contribution is 9.10. The predicted octanol–water partition coefficient (Wildman–Crippen LogP) is 2.57. The molecular formula is C15H19BrN2O3. The van der Waals surface area contributed by atoms with E-state index in [1.54, 1.807) is 0 Å². The van der Waals surface area contributed by atoms with Crippen molar-refractivity contribution in [3.05, 3.63) is 28.7 Å². The van der Waals surface area contributed by atoms with E-state index in [0.29, 0.717) is 13.1 Å². The fourth-order valence-corrected chi connectivity index (χ4v) is 3.05. The van der Waals surface area contributed by atoms with Gasteiger partial charge in [0.2, 0.25) is 5.91 Å². The molecule has 1 heterocycles. The maximum atomic E-state index is 12.1. The van der Waals surface area contributed by atoms with Gasteiger partial charge in [-0.25, -0.2) is 0 Å². The Morgan fingerprint density at radius 2 is 2.14 bits per heavy atom. The van der Waals surface area contributed by atoms with Crippen molar-refractivity contribution in [3.8, 4) is 0 Å². The third-order valence-corrected chi connectivity index (χ3v) is 4.27. The van der Waals surface area contributed by atoms with Crippen molar-refractivity contribution < 1.29 is 14.7 Å². The lowest BCUT2D eigenvalue weighted by molar-refractivity contribution is -0.138. The number of benzene rings is 1. The van der Waals surface area contributed by atoms with Crippen molar-refractivity contribution in [2.45, 2.75) is 19.3 Å². The van der Waals surface area contributed by atoms with Gasteiger partial charge >= 0.3 is 5.97 Å². The van der Waals surface area contributed by atoms with Crippen molar-refractivity contribution in [3.63, 3.8) is 0 Å². The molecule has 5 nitrogen and oxygen atoms in total. The van der Waals surface area contributed by atoms with Gasteiger partial charge in [0.05, 0.1) is 12.2 Å². The fraction of sp³-hybridized carbons (Fsp3) is 0.467. The van der Waals surface area contributed by atoms with Crippen LogP contribution in [0.15, 0.2) is 28.7 Å². The van der Waals surface area contributed by atoms with Crippen LogP contribution in [0, 0.1) is 5.92 Å². The second kappa shape index (κ2) is 7.56. The maximum absolute atomic E-state index is 12.1. The Labute approximate surface area is 132 Å². The number of piperidine rings is 1. The molecule has 0 radical (unpaired) electrons. The average molecular weight is 355 g/mol. The number of rotatable bonds is 5. The van der Waals surface area contributed by atoms with Crippen molar-refractivity contribution in [1.29, 1.82) is 0 Å². The number of nitrogens with zero attached hydrogens (tertiary/aromatic N) is 1. The minimum Gasteiger partial charge on any atom is -0.481 e. The van der Waals surface area contributed by atoms with Gasteiger partial charge in [-0.2, -0.15) is 0 Å². The molecular weight excluding hydrogens is 336 g/mol. The Hall–Kier alpha value is -1.40. The highest BCUT2D eigenvalue weighted by Gasteiger charge is 2.23. The molecule has 21 heavy (non-hydrogen) atoms. The maximum Gasteiger partial charge on any atom is 0.303 e. The zero-order valence-electron chi connectivity index (χ0n) is 11.7. The van der Waals surface area contributed by atoms with E-state index >= 15 is 0 Å². The van der Waals surface area contributed by atoms with Crippen LogP contribution in [0.1, 0.15) is 19.3 Å². The number of amides is 1. The van der Waals surface area contributed by atoms with E-state index in [1.807, 2.05) is 29.2 Å². The number of carbonyl (C=O) groups is 2. The molecule has 1 aliphatic heterocycles. The molecule has 0 bridgehead atoms. The first-order valence-corrected chi connectivity index (χ1v) is 7.82. The Morgan fingerprint density at radius 1 is 1.38 bits per heavy atom. The summed E-state index contributed by atoms with van der Waals surface area (Å²) in [5, 5.41) is 11.7. The van der Waals surface area contributed by atoms with E-state index in [4.69, 9.17) is 5.11 Å². The van der Waals surface area contributed by atoms with E-state index in [0.717, 1.165) is 29.5 Å². The minimum atomic E-state index is -0.764. The first kappa shape index (κ1) is 16.0. The van der Waals surface area contributed by atoms with Crippen LogP contribution in [0.3, 0.4) is 0 Å². The molecule has 114 valence electrons. The Balaban J connectivity index is 1.85. The standard InChI is InChI=1S/C15H19BrN2O3/c16-12-5-1-2-6-13(12)17-14(19)10-18-7-3-4-11(9-18)8-15(20)21/h1-2,5-6,11H,3-4,7-10H2,(H,17,19)(H,20,21). The number of likely N-dealkylation sites (tertiary alicyclic amines) is 1. The molecule has 1 aromatic rings. The summed E-state index contributed by atoms with van der Waals surface area (Å²) in [6.07, 6.45) is 2.05. The summed E-state index contributed by atoms with van der Waals surface area (Å²) in [5.74, 6) is -0.690. The molecule has 1 aliphatic rings. The van der Waals surface area contributed by atoms with Crippen LogP contribution in [0.4, 0.5) is 5.69 Å². The zero-order chi connectivity index (χ0) is 15.2. The number of hydrogen-bond acceptors (Lipinski definition) is 3. The molecule has 1 amide bonds. The van der Waals surface area contributed by atoms with Gasteiger partial charge in [0, 0.05) is 17.4 Å². The Morgan fingerprint density at radius 3 is 2.86 bits per heavy atom. The minimum absolute atomic E-state index is 0.0714. The fourth-order valence-electron chi connectivity index (χ4n) is 2.66. The van der Waals surface area contributed by atoms with E-state index in [9.17, 15) is 9.59 Å². The van der Waals surface area contributed by atoms with Gasteiger partial charge < -0.3 is 10.4 Å². The predicted molar refractivity (Wildman–Crippen MR) is 84.2 cm³/mol. The van der Waals surface area contributed by atoms with Crippen LogP contribution in [0.5, 0.6) is 0 Å². The van der Waals surface area contributed by atoms with Crippen molar-refractivity contribution in [1.82, 2.24) is 4.90 Å². The summed E-state index contributed by atoms with van der Waals surface area (Å²) < 4.78 is 0.848. The molecule has 2 N–H and O–H groups in total. The SMILES string of the molecule is O=C(O)CC1CCCN(CC(=O)Nc2ccccc2Br)C1. The molecule has 1 atom stereocenters.